The van der Waals surface area contributed by atoms with Crippen LogP contribution in [0.5, 0.6) is 11.5 Å². The monoisotopic (exact) mass is 1010 g/mol. The lowest BCUT2D eigenvalue weighted by Gasteiger charge is -2.29. The Balaban J connectivity index is 0.792. The van der Waals surface area contributed by atoms with Crippen LogP contribution in [0.25, 0.3) is 32.1 Å². The van der Waals surface area contributed by atoms with Crippen molar-refractivity contribution in [1.29, 1.82) is 0 Å². The molecule has 2 aliphatic carbocycles. The Morgan fingerprint density at radius 2 is 1.57 bits per heavy atom. The molecule has 9 rings (SSSR count). The number of carbonyl (C=O) groups excluding carboxylic acids is 1. The van der Waals surface area contributed by atoms with E-state index in [2.05, 4.69) is 129 Å². The van der Waals surface area contributed by atoms with E-state index in [-0.39, 0.29) is 18.1 Å². The van der Waals surface area contributed by atoms with Crippen molar-refractivity contribution in [1.82, 2.24) is 4.98 Å². The maximum Gasteiger partial charge on any atom is 0.330 e. The van der Waals surface area contributed by atoms with Crippen molar-refractivity contribution < 1.29 is 33.2 Å². The normalized spacial score (nSPS) is 20.1. The minimum atomic E-state index is -0.366. The minimum absolute atomic E-state index is 0.0307. The summed E-state index contributed by atoms with van der Waals surface area (Å²) < 4.78 is 36.8. The van der Waals surface area contributed by atoms with Gasteiger partial charge in [-0.2, -0.15) is 12.6 Å². The summed E-state index contributed by atoms with van der Waals surface area (Å²) in [4.78, 5) is 21.7. The summed E-state index contributed by atoms with van der Waals surface area (Å²) in [7, 11) is 0. The molecule has 6 aromatic rings. The standard InChI is InChI=1S/C61H72N2O7S2/c1-2-60(64)68-33-9-4-3-8-32-66-51-26-20-46(21-27-51)54-29-23-48(38-50(54)40-62-56(13-7-10-35-71)61-63-55-12-5-6-14-59(55)72-61)45-18-24-52(25-19-45)69-42-43-15-17-49-39-53(28-22-47(49)36-43)67-34-11-31-65-41-44-16-30-57-58(37-44)70-57/h2,5-6,12,14-15,17,20-23,26-29,36,38-40,44-45,52,56-58,71H,1,3-4,7-11,13,16,18-19,24-25,30-35,37,41-42H2/b62-40+. The number of thiazole rings is 1. The topological polar surface area (TPSA) is 101 Å². The van der Waals surface area contributed by atoms with E-state index in [0.29, 0.717) is 50.5 Å². The number of thiol groups is 1. The molecule has 5 aromatic carbocycles. The Morgan fingerprint density at radius 1 is 0.778 bits per heavy atom. The van der Waals surface area contributed by atoms with Crippen LogP contribution in [0.3, 0.4) is 0 Å². The number of epoxide rings is 1. The maximum absolute atomic E-state index is 11.3. The van der Waals surface area contributed by atoms with Crippen LogP contribution in [0.2, 0.25) is 0 Å². The van der Waals surface area contributed by atoms with Crippen molar-refractivity contribution in [3.05, 3.63) is 137 Å². The molecule has 1 saturated heterocycles. The summed E-state index contributed by atoms with van der Waals surface area (Å²) in [6, 6.07) is 36.8. The molecule has 11 heteroatoms. The quantitative estimate of drug-likeness (QED) is 0.0130. The van der Waals surface area contributed by atoms with Crippen molar-refractivity contribution in [3.8, 4) is 22.6 Å². The van der Waals surface area contributed by atoms with Gasteiger partial charge in [0.1, 0.15) is 22.5 Å². The van der Waals surface area contributed by atoms with Crippen LogP contribution in [0.1, 0.15) is 130 Å². The number of aliphatic imine (C=N–C) groups is 1. The Morgan fingerprint density at radius 3 is 2.40 bits per heavy atom. The molecule has 1 aromatic heterocycles. The van der Waals surface area contributed by atoms with Crippen LogP contribution in [0, 0.1) is 5.92 Å². The molecular weight excluding hydrogens is 937 g/mol. The second-order valence-corrected chi connectivity index (χ2v) is 21.3. The molecule has 9 nitrogen and oxygen atoms in total. The smallest absolute Gasteiger partial charge is 0.330 e. The van der Waals surface area contributed by atoms with E-state index in [0.717, 1.165) is 141 Å². The van der Waals surface area contributed by atoms with Gasteiger partial charge in [0.25, 0.3) is 0 Å². The fourth-order valence-electron chi connectivity index (χ4n) is 10.3. The van der Waals surface area contributed by atoms with Crippen molar-refractivity contribution in [2.24, 2.45) is 10.9 Å². The van der Waals surface area contributed by atoms with Crippen LogP contribution in [-0.4, -0.2) is 74.3 Å². The molecule has 0 amide bonds. The van der Waals surface area contributed by atoms with Crippen LogP contribution >= 0.6 is 24.0 Å². The molecule has 0 radical (unpaired) electrons. The SMILES string of the molecule is C=CC(=O)OCCCCCCOc1ccc(-c2ccc(C3CCC(OCc4ccc5cc(OCCCOCC6CCC7OC7C6)ccc5c4)CC3)cc2/C=N/C(CCCCS)c2nc3ccccc3s2)cc1. The number of unbranched alkanes of at least 4 members (excludes halogenated alkanes) is 4. The van der Waals surface area contributed by atoms with Gasteiger partial charge in [-0.05, 0) is 183 Å². The van der Waals surface area contributed by atoms with Gasteiger partial charge in [-0.3, -0.25) is 4.99 Å². The Hall–Kier alpha value is -5.04. The second-order valence-electron chi connectivity index (χ2n) is 19.8. The van der Waals surface area contributed by atoms with E-state index in [1.165, 1.54) is 45.5 Å². The molecule has 0 spiro atoms. The molecular formula is C61H72N2O7S2. The zero-order valence-corrected chi connectivity index (χ0v) is 43.5. The number of hydrogen-bond acceptors (Lipinski definition) is 11. The molecule has 3 fully saturated rings. The van der Waals surface area contributed by atoms with Crippen LogP contribution in [0.4, 0.5) is 0 Å². The number of esters is 1. The number of fused-ring (bicyclic) bond motifs is 3. The van der Waals surface area contributed by atoms with Gasteiger partial charge in [0.2, 0.25) is 0 Å². The molecule has 0 bridgehead atoms. The number of nitrogens with zero attached hydrogens (tertiary/aromatic N) is 2. The van der Waals surface area contributed by atoms with Gasteiger partial charge in [-0.25, -0.2) is 9.78 Å². The van der Waals surface area contributed by atoms with Crippen molar-refractivity contribution in [2.75, 3.05) is 38.8 Å². The van der Waals surface area contributed by atoms with Gasteiger partial charge in [0.05, 0.1) is 55.0 Å². The van der Waals surface area contributed by atoms with Crippen LogP contribution in [-0.2, 0) is 30.3 Å². The number of hydrogen-bond donors (Lipinski definition) is 1. The lowest BCUT2D eigenvalue weighted by molar-refractivity contribution is -0.137. The number of benzene rings is 5. The van der Waals surface area contributed by atoms with Gasteiger partial charge >= 0.3 is 5.97 Å². The number of rotatable bonds is 28. The predicted octanol–water partition coefficient (Wildman–Crippen LogP) is 14.6. The Bertz CT molecular complexity index is 2660. The maximum atomic E-state index is 11.3. The van der Waals surface area contributed by atoms with Crippen LogP contribution in [0.15, 0.2) is 121 Å². The van der Waals surface area contributed by atoms with Crippen molar-refractivity contribution in [2.45, 2.75) is 133 Å². The first-order chi connectivity index (χ1) is 35.5. The molecule has 4 atom stereocenters. The summed E-state index contributed by atoms with van der Waals surface area (Å²) in [5.41, 5.74) is 6.99. The zero-order valence-electron chi connectivity index (χ0n) is 41.8. The summed E-state index contributed by atoms with van der Waals surface area (Å²) in [5, 5.41) is 3.44. The van der Waals surface area contributed by atoms with E-state index in [4.69, 9.17) is 38.4 Å². The predicted molar refractivity (Wildman–Crippen MR) is 295 cm³/mol. The highest BCUT2D eigenvalue weighted by Crippen LogP contribution is 2.40. The summed E-state index contributed by atoms with van der Waals surface area (Å²) in [6.45, 7) is 7.35. The van der Waals surface area contributed by atoms with E-state index in [9.17, 15) is 4.79 Å². The number of para-hydroxylation sites is 1. The van der Waals surface area contributed by atoms with Crippen molar-refractivity contribution >= 4 is 57.1 Å². The molecule has 3 aliphatic rings. The lowest BCUT2D eigenvalue weighted by Crippen LogP contribution is -2.20. The van der Waals surface area contributed by atoms with Gasteiger partial charge < -0.3 is 28.4 Å². The molecule has 2 saturated carbocycles. The van der Waals surface area contributed by atoms with Crippen molar-refractivity contribution in [3.63, 3.8) is 0 Å². The highest BCUT2D eigenvalue weighted by atomic mass is 32.1. The zero-order chi connectivity index (χ0) is 49.3. The average Bonchev–Trinajstić information content (AvgIpc) is 4.07. The fourth-order valence-corrected chi connectivity index (χ4v) is 11.6. The lowest BCUT2D eigenvalue weighted by atomic mass is 9.81. The van der Waals surface area contributed by atoms with Crippen LogP contribution < -0.4 is 9.47 Å². The number of carbonyl (C=O) groups is 1. The second kappa shape index (κ2) is 26.8. The molecule has 1 aliphatic heterocycles. The van der Waals surface area contributed by atoms with E-state index >= 15 is 0 Å². The molecule has 72 heavy (non-hydrogen) atoms. The first-order valence-electron chi connectivity index (χ1n) is 26.6. The van der Waals surface area contributed by atoms with Gasteiger partial charge in [-0.1, -0.05) is 67.6 Å². The van der Waals surface area contributed by atoms with E-state index in [1.807, 2.05) is 0 Å². The minimum Gasteiger partial charge on any atom is -0.494 e. The van der Waals surface area contributed by atoms with E-state index < -0.39 is 0 Å². The summed E-state index contributed by atoms with van der Waals surface area (Å²) >= 11 is 6.26. The highest BCUT2D eigenvalue weighted by Gasteiger charge is 2.43. The van der Waals surface area contributed by atoms with E-state index in [1.54, 1.807) is 11.3 Å². The third-order valence-electron chi connectivity index (χ3n) is 14.5. The summed E-state index contributed by atoms with van der Waals surface area (Å²) in [6.07, 6.45) is 20.1. The third kappa shape index (κ3) is 15.0. The Kier molecular flexibility index (Phi) is 19.3. The Labute approximate surface area is 436 Å². The van der Waals surface area contributed by atoms with Gasteiger partial charge in [0, 0.05) is 37.5 Å². The largest absolute Gasteiger partial charge is 0.494 e. The summed E-state index contributed by atoms with van der Waals surface area (Å²) in [5.74, 6) is 3.35. The first kappa shape index (κ1) is 51.8. The average molecular weight is 1010 g/mol. The first-order valence-corrected chi connectivity index (χ1v) is 28.1. The molecule has 0 N–H and O–H groups in total. The number of aromatic nitrogens is 1. The van der Waals surface area contributed by atoms with Gasteiger partial charge in [-0.15, -0.1) is 11.3 Å². The third-order valence-corrected chi connectivity index (χ3v) is 16.0. The molecule has 2 heterocycles. The fraction of sp³-hybridized carbons (Fsp3) is 0.459. The molecule has 4 unspecified atom stereocenters. The van der Waals surface area contributed by atoms with Gasteiger partial charge in [0.15, 0.2) is 0 Å². The number of ether oxygens (including phenoxy) is 6. The molecule has 380 valence electrons. The highest BCUT2D eigenvalue weighted by molar-refractivity contribution is 7.80.